The van der Waals surface area contributed by atoms with Crippen LogP contribution < -0.4 is 10.6 Å². The van der Waals surface area contributed by atoms with Crippen LogP contribution in [0.15, 0.2) is 24.3 Å². The van der Waals surface area contributed by atoms with E-state index in [-0.39, 0.29) is 24.4 Å². The molecule has 0 unspecified atom stereocenters. The summed E-state index contributed by atoms with van der Waals surface area (Å²) in [6.07, 6.45) is -0.0922. The van der Waals surface area contributed by atoms with Crippen LogP contribution in [0.25, 0.3) is 0 Å². The van der Waals surface area contributed by atoms with Gasteiger partial charge in [0.1, 0.15) is 0 Å². The van der Waals surface area contributed by atoms with Crippen LogP contribution in [0, 0.1) is 0 Å². The number of carboxylic acid groups (broad SMARTS) is 1. The minimum atomic E-state index is -0.940. The highest BCUT2D eigenvalue weighted by Crippen LogP contribution is 2.24. The Morgan fingerprint density at radius 1 is 1.30 bits per heavy atom. The zero-order chi connectivity index (χ0) is 15.2. The second kappa shape index (κ2) is 7.14. The van der Waals surface area contributed by atoms with Gasteiger partial charge in [-0.3, -0.25) is 4.79 Å². The van der Waals surface area contributed by atoms with Gasteiger partial charge in [0.2, 0.25) is 0 Å². The largest absolute Gasteiger partial charge is 0.481 e. The van der Waals surface area contributed by atoms with E-state index in [0.29, 0.717) is 11.6 Å². The molecule has 0 aromatic heterocycles. The molecular weight excluding hydrogens is 280 g/mol. The maximum Gasteiger partial charge on any atom is 0.314 e. The monoisotopic (exact) mass is 298 g/mol. The van der Waals surface area contributed by atoms with Crippen LogP contribution in [0.3, 0.4) is 0 Å². The average molecular weight is 299 g/mol. The lowest BCUT2D eigenvalue weighted by molar-refractivity contribution is -0.136. The molecule has 20 heavy (non-hydrogen) atoms. The number of benzene rings is 1. The highest BCUT2D eigenvalue weighted by atomic mass is 35.5. The minimum absolute atomic E-state index is 0.0922. The average Bonchev–Trinajstić information content (AvgIpc) is 2.36. The van der Waals surface area contributed by atoms with E-state index in [1.54, 1.807) is 6.07 Å². The maximum absolute atomic E-state index is 11.5. The summed E-state index contributed by atoms with van der Waals surface area (Å²) in [6, 6.07) is 7.11. The Morgan fingerprint density at radius 2 is 2.00 bits per heavy atom. The molecule has 0 spiro atoms. The van der Waals surface area contributed by atoms with Crippen molar-refractivity contribution in [1.82, 2.24) is 10.6 Å². The highest BCUT2D eigenvalue weighted by molar-refractivity contribution is 6.30. The highest BCUT2D eigenvalue weighted by Gasteiger charge is 2.21. The number of hydrogen-bond acceptors (Lipinski definition) is 2. The van der Waals surface area contributed by atoms with Gasteiger partial charge < -0.3 is 15.7 Å². The van der Waals surface area contributed by atoms with Gasteiger partial charge in [-0.1, -0.05) is 37.6 Å². The third-order valence-corrected chi connectivity index (χ3v) is 3.16. The fraction of sp³-hybridized carbons (Fsp3) is 0.429. The summed E-state index contributed by atoms with van der Waals surface area (Å²) in [6.45, 7) is 4.53. The lowest BCUT2D eigenvalue weighted by Crippen LogP contribution is -2.42. The Balaban J connectivity index is 2.47. The van der Waals surface area contributed by atoms with Crippen LogP contribution >= 0.6 is 11.6 Å². The number of rotatable bonds is 6. The fourth-order valence-electron chi connectivity index (χ4n) is 1.66. The summed E-state index contributed by atoms with van der Waals surface area (Å²) < 4.78 is 0. The van der Waals surface area contributed by atoms with Gasteiger partial charge in [0.05, 0.1) is 6.42 Å². The Labute approximate surface area is 123 Å². The number of carboxylic acids is 1. The molecule has 5 nitrogen and oxygen atoms in total. The first-order valence-corrected chi connectivity index (χ1v) is 6.68. The van der Waals surface area contributed by atoms with Crippen LogP contribution in [-0.4, -0.2) is 30.2 Å². The molecule has 0 saturated carbocycles. The van der Waals surface area contributed by atoms with Gasteiger partial charge in [-0.25, -0.2) is 4.79 Å². The quantitative estimate of drug-likeness (QED) is 0.754. The molecule has 0 fully saturated rings. The molecule has 0 aliphatic carbocycles. The van der Waals surface area contributed by atoms with Gasteiger partial charge in [-0.15, -0.1) is 0 Å². The van der Waals surface area contributed by atoms with Crippen LogP contribution in [0.2, 0.25) is 5.02 Å². The molecular formula is C14H19ClN2O3. The summed E-state index contributed by atoms with van der Waals surface area (Å²) >= 11 is 5.96. The standard InChI is InChI=1S/C14H19ClN2O3/c1-14(2,10-4-3-5-11(15)8-10)9-17-13(20)16-7-6-12(18)19/h3-5,8H,6-7,9H2,1-2H3,(H,18,19)(H2,16,17,20). The number of nitrogens with one attached hydrogen (secondary N) is 2. The van der Waals surface area contributed by atoms with E-state index < -0.39 is 5.97 Å². The van der Waals surface area contributed by atoms with Crippen molar-refractivity contribution in [3.8, 4) is 0 Å². The Morgan fingerprint density at radius 3 is 2.60 bits per heavy atom. The first-order valence-electron chi connectivity index (χ1n) is 6.31. The smallest absolute Gasteiger partial charge is 0.314 e. The lowest BCUT2D eigenvalue weighted by atomic mass is 9.85. The van der Waals surface area contributed by atoms with E-state index in [0.717, 1.165) is 5.56 Å². The fourth-order valence-corrected chi connectivity index (χ4v) is 1.85. The molecule has 1 aromatic carbocycles. The van der Waals surface area contributed by atoms with Crippen molar-refractivity contribution in [2.75, 3.05) is 13.1 Å². The summed E-state index contributed by atoms with van der Waals surface area (Å²) in [5.41, 5.74) is 0.755. The van der Waals surface area contributed by atoms with Gasteiger partial charge in [0.25, 0.3) is 0 Å². The minimum Gasteiger partial charge on any atom is -0.481 e. The number of carbonyl (C=O) groups excluding carboxylic acids is 1. The zero-order valence-electron chi connectivity index (χ0n) is 11.6. The molecule has 0 bridgehead atoms. The van der Waals surface area contributed by atoms with E-state index in [4.69, 9.17) is 16.7 Å². The second-order valence-corrected chi connectivity index (χ2v) is 5.58. The van der Waals surface area contributed by atoms with Crippen LogP contribution in [-0.2, 0) is 10.2 Å². The third-order valence-electron chi connectivity index (χ3n) is 2.92. The van der Waals surface area contributed by atoms with Gasteiger partial charge in [-0.05, 0) is 17.7 Å². The molecule has 0 saturated heterocycles. The molecule has 110 valence electrons. The first-order chi connectivity index (χ1) is 9.31. The molecule has 6 heteroatoms. The predicted octanol–water partition coefficient (Wildman–Crippen LogP) is 2.39. The van der Waals surface area contributed by atoms with Crippen LogP contribution in [0.5, 0.6) is 0 Å². The summed E-state index contributed by atoms with van der Waals surface area (Å²) in [5.74, 6) is -0.940. The Hall–Kier alpha value is -1.75. The normalized spacial score (nSPS) is 10.9. The predicted molar refractivity (Wildman–Crippen MR) is 78.1 cm³/mol. The lowest BCUT2D eigenvalue weighted by Gasteiger charge is -2.26. The van der Waals surface area contributed by atoms with Crippen LogP contribution in [0.4, 0.5) is 4.79 Å². The molecule has 3 N–H and O–H groups in total. The van der Waals surface area contributed by atoms with Crippen molar-refractivity contribution >= 4 is 23.6 Å². The Bertz CT molecular complexity index is 489. The second-order valence-electron chi connectivity index (χ2n) is 5.15. The van der Waals surface area contributed by atoms with Gasteiger partial charge in [0, 0.05) is 23.5 Å². The summed E-state index contributed by atoms with van der Waals surface area (Å²) in [7, 11) is 0. The molecule has 1 aromatic rings. The van der Waals surface area contributed by atoms with Gasteiger partial charge in [0.15, 0.2) is 0 Å². The maximum atomic E-state index is 11.5. The number of aliphatic carboxylic acids is 1. The van der Waals surface area contributed by atoms with E-state index in [9.17, 15) is 9.59 Å². The van der Waals surface area contributed by atoms with Crippen molar-refractivity contribution < 1.29 is 14.7 Å². The van der Waals surface area contributed by atoms with E-state index in [1.165, 1.54) is 0 Å². The molecule has 0 radical (unpaired) electrons. The number of urea groups is 1. The molecule has 0 atom stereocenters. The number of hydrogen-bond donors (Lipinski definition) is 3. The van der Waals surface area contributed by atoms with Crippen molar-refractivity contribution in [1.29, 1.82) is 0 Å². The van der Waals surface area contributed by atoms with E-state index >= 15 is 0 Å². The number of halogens is 1. The van der Waals surface area contributed by atoms with Crippen molar-refractivity contribution in [2.45, 2.75) is 25.7 Å². The number of carbonyl (C=O) groups is 2. The molecule has 2 amide bonds. The van der Waals surface area contributed by atoms with Crippen LogP contribution in [0.1, 0.15) is 25.8 Å². The molecule has 0 heterocycles. The van der Waals surface area contributed by atoms with Gasteiger partial charge in [-0.2, -0.15) is 0 Å². The van der Waals surface area contributed by atoms with Crippen molar-refractivity contribution in [2.24, 2.45) is 0 Å². The summed E-state index contributed by atoms with van der Waals surface area (Å²) in [5, 5.41) is 14.4. The van der Waals surface area contributed by atoms with Crippen molar-refractivity contribution in [3.05, 3.63) is 34.9 Å². The zero-order valence-corrected chi connectivity index (χ0v) is 12.3. The number of amides is 2. The SMILES string of the molecule is CC(C)(CNC(=O)NCCC(=O)O)c1cccc(Cl)c1. The van der Waals surface area contributed by atoms with E-state index in [1.807, 2.05) is 32.0 Å². The first kappa shape index (κ1) is 16.3. The Kier molecular flexibility index (Phi) is 5.82. The van der Waals surface area contributed by atoms with Gasteiger partial charge >= 0.3 is 12.0 Å². The molecule has 0 aliphatic heterocycles. The molecule has 1 rings (SSSR count). The molecule has 0 aliphatic rings. The summed E-state index contributed by atoms with van der Waals surface area (Å²) in [4.78, 5) is 21.9. The topological polar surface area (TPSA) is 78.4 Å². The van der Waals surface area contributed by atoms with Crippen molar-refractivity contribution in [3.63, 3.8) is 0 Å². The van der Waals surface area contributed by atoms with E-state index in [2.05, 4.69) is 10.6 Å². The third kappa shape index (κ3) is 5.48.